The van der Waals surface area contributed by atoms with Crippen LogP contribution in [-0.4, -0.2) is 25.2 Å². The van der Waals surface area contributed by atoms with Crippen molar-refractivity contribution in [3.63, 3.8) is 0 Å². The molecule has 0 unspecified atom stereocenters. The molecule has 16 heavy (non-hydrogen) atoms. The Morgan fingerprint density at radius 1 is 1.50 bits per heavy atom. The summed E-state index contributed by atoms with van der Waals surface area (Å²) in [7, 11) is 1.33. The summed E-state index contributed by atoms with van der Waals surface area (Å²) in [4.78, 5) is 11.0. The molecule has 0 amide bonds. The smallest absolute Gasteiger partial charge is 0.372 e. The summed E-state index contributed by atoms with van der Waals surface area (Å²) in [5.41, 5.74) is 0. The molecular formula is C9H8F4O3. The number of rotatable bonds is 5. The first-order valence-corrected chi connectivity index (χ1v) is 4.18. The van der Waals surface area contributed by atoms with E-state index in [9.17, 15) is 22.4 Å². The van der Waals surface area contributed by atoms with Crippen LogP contribution in [0, 0.1) is 0 Å². The van der Waals surface area contributed by atoms with Crippen molar-refractivity contribution in [3.8, 4) is 0 Å². The molecule has 1 heterocycles. The van der Waals surface area contributed by atoms with E-state index in [4.69, 9.17) is 0 Å². The Bertz CT molecular complexity index is 373. The van der Waals surface area contributed by atoms with Crippen LogP contribution < -0.4 is 0 Å². The van der Waals surface area contributed by atoms with Crippen molar-refractivity contribution in [1.82, 2.24) is 0 Å². The molecule has 1 rings (SSSR count). The molecule has 0 radical (unpaired) electrons. The van der Waals surface area contributed by atoms with E-state index >= 15 is 0 Å². The third kappa shape index (κ3) is 2.41. The van der Waals surface area contributed by atoms with E-state index in [2.05, 4.69) is 9.15 Å². The number of hydrogen-bond donors (Lipinski definition) is 0. The van der Waals surface area contributed by atoms with Gasteiger partial charge >= 0.3 is 12.3 Å². The number of ether oxygens (including phenoxy) is 1. The van der Waals surface area contributed by atoms with E-state index in [0.29, 0.717) is 0 Å². The lowest BCUT2D eigenvalue weighted by Gasteiger charge is -2.11. The fraction of sp³-hybridized carbons (Fsp3) is 0.444. The predicted molar refractivity (Wildman–Crippen MR) is 44.7 cm³/mol. The van der Waals surface area contributed by atoms with Gasteiger partial charge in [-0.05, 0) is 12.1 Å². The minimum atomic E-state index is -4.73. The average molecular weight is 240 g/mol. The maximum absolute atomic E-state index is 12.6. The fourth-order valence-corrected chi connectivity index (χ4v) is 0.983. The summed E-state index contributed by atoms with van der Waals surface area (Å²) < 4.78 is 58.2. The standard InChI is InChI=1S/C9H8F4O3/c1-15-4-5-2-3-6(16-5)7(14)9(12,13)8(10)11/h2-3,8H,4H2,1H3. The SMILES string of the molecule is COCc1ccc(C(=O)C(F)(F)C(F)F)o1. The largest absolute Gasteiger partial charge is 0.455 e. The lowest BCUT2D eigenvalue weighted by Crippen LogP contribution is -2.36. The van der Waals surface area contributed by atoms with Crippen LogP contribution in [0.2, 0.25) is 0 Å². The zero-order chi connectivity index (χ0) is 12.3. The Balaban J connectivity index is 2.88. The predicted octanol–water partition coefficient (Wildman–Crippen LogP) is 2.51. The van der Waals surface area contributed by atoms with Gasteiger partial charge in [0.25, 0.3) is 5.78 Å². The molecule has 90 valence electrons. The van der Waals surface area contributed by atoms with Crippen molar-refractivity contribution in [3.05, 3.63) is 23.7 Å². The van der Waals surface area contributed by atoms with Crippen LogP contribution in [-0.2, 0) is 11.3 Å². The highest BCUT2D eigenvalue weighted by Crippen LogP contribution is 2.28. The molecule has 0 N–H and O–H groups in total. The molecule has 0 aliphatic rings. The molecule has 0 saturated carbocycles. The van der Waals surface area contributed by atoms with Gasteiger partial charge in [0.15, 0.2) is 5.76 Å². The quantitative estimate of drug-likeness (QED) is 0.586. The number of carbonyl (C=O) groups excluding carboxylic acids is 1. The monoisotopic (exact) mass is 240 g/mol. The van der Waals surface area contributed by atoms with Gasteiger partial charge < -0.3 is 9.15 Å². The van der Waals surface area contributed by atoms with Gasteiger partial charge in [0.2, 0.25) is 0 Å². The summed E-state index contributed by atoms with van der Waals surface area (Å²) in [5, 5.41) is 0. The maximum atomic E-state index is 12.6. The summed E-state index contributed by atoms with van der Waals surface area (Å²) in [6.45, 7) is -0.0342. The minimum Gasteiger partial charge on any atom is -0.455 e. The van der Waals surface area contributed by atoms with Crippen molar-refractivity contribution in [1.29, 1.82) is 0 Å². The summed E-state index contributed by atoms with van der Waals surface area (Å²) in [6, 6.07) is 2.12. The van der Waals surface area contributed by atoms with Gasteiger partial charge in [-0.15, -0.1) is 0 Å². The van der Waals surface area contributed by atoms with Crippen molar-refractivity contribution in [2.45, 2.75) is 19.0 Å². The van der Waals surface area contributed by atoms with Crippen LogP contribution in [0.1, 0.15) is 16.3 Å². The van der Waals surface area contributed by atoms with Gasteiger partial charge in [0, 0.05) is 7.11 Å². The molecule has 0 spiro atoms. The topological polar surface area (TPSA) is 39.4 Å². The third-order valence-electron chi connectivity index (χ3n) is 1.75. The molecule has 0 saturated heterocycles. The van der Waals surface area contributed by atoms with E-state index in [0.717, 1.165) is 6.07 Å². The highest BCUT2D eigenvalue weighted by molar-refractivity contribution is 5.99. The highest BCUT2D eigenvalue weighted by Gasteiger charge is 2.50. The number of alkyl halides is 4. The first kappa shape index (κ1) is 12.7. The molecule has 0 aliphatic heterocycles. The Morgan fingerprint density at radius 2 is 2.12 bits per heavy atom. The zero-order valence-electron chi connectivity index (χ0n) is 8.18. The van der Waals surface area contributed by atoms with Gasteiger partial charge in [-0.3, -0.25) is 4.79 Å². The Kier molecular flexibility index (Phi) is 3.69. The lowest BCUT2D eigenvalue weighted by molar-refractivity contribution is -0.0969. The summed E-state index contributed by atoms with van der Waals surface area (Å²) in [5.74, 6) is -7.47. The van der Waals surface area contributed by atoms with E-state index in [1.54, 1.807) is 0 Å². The van der Waals surface area contributed by atoms with Gasteiger partial charge in [-0.25, -0.2) is 8.78 Å². The normalized spacial score (nSPS) is 12.1. The molecule has 1 aromatic rings. The van der Waals surface area contributed by atoms with Crippen molar-refractivity contribution in [2.24, 2.45) is 0 Å². The molecule has 0 aromatic carbocycles. The van der Waals surface area contributed by atoms with Crippen LogP contribution in [0.15, 0.2) is 16.5 Å². The molecule has 0 bridgehead atoms. The molecule has 3 nitrogen and oxygen atoms in total. The van der Waals surface area contributed by atoms with Gasteiger partial charge in [-0.1, -0.05) is 0 Å². The first-order chi connectivity index (χ1) is 7.39. The van der Waals surface area contributed by atoms with Crippen LogP contribution in [0.5, 0.6) is 0 Å². The minimum absolute atomic E-state index is 0.0342. The first-order valence-electron chi connectivity index (χ1n) is 4.18. The Hall–Kier alpha value is -1.37. The van der Waals surface area contributed by atoms with Crippen LogP contribution >= 0.6 is 0 Å². The Labute approximate surface area is 88.0 Å². The number of hydrogen-bond acceptors (Lipinski definition) is 3. The molecular weight excluding hydrogens is 232 g/mol. The lowest BCUT2D eigenvalue weighted by atomic mass is 10.2. The molecule has 0 aliphatic carbocycles. The number of methoxy groups -OCH3 is 1. The van der Waals surface area contributed by atoms with E-state index in [-0.39, 0.29) is 12.4 Å². The van der Waals surface area contributed by atoms with E-state index < -0.39 is 23.9 Å². The highest BCUT2D eigenvalue weighted by atomic mass is 19.3. The number of carbonyl (C=O) groups is 1. The zero-order valence-corrected chi connectivity index (χ0v) is 8.18. The number of ketones is 1. The van der Waals surface area contributed by atoms with Crippen LogP contribution in [0.25, 0.3) is 0 Å². The van der Waals surface area contributed by atoms with Gasteiger partial charge in [-0.2, -0.15) is 8.78 Å². The van der Waals surface area contributed by atoms with Gasteiger partial charge in [0.05, 0.1) is 0 Å². The van der Waals surface area contributed by atoms with Gasteiger partial charge in [0.1, 0.15) is 12.4 Å². The molecule has 1 aromatic heterocycles. The molecule has 0 fully saturated rings. The average Bonchev–Trinajstić information content (AvgIpc) is 2.65. The summed E-state index contributed by atoms with van der Waals surface area (Å²) >= 11 is 0. The summed E-state index contributed by atoms with van der Waals surface area (Å²) in [6.07, 6.45) is -4.06. The van der Waals surface area contributed by atoms with Crippen LogP contribution in [0.4, 0.5) is 17.6 Å². The van der Waals surface area contributed by atoms with Crippen molar-refractivity contribution in [2.75, 3.05) is 7.11 Å². The Morgan fingerprint density at radius 3 is 2.62 bits per heavy atom. The number of halogens is 4. The van der Waals surface area contributed by atoms with E-state index in [1.807, 2.05) is 0 Å². The molecule has 0 atom stereocenters. The number of Topliss-reactive ketones (excluding diaryl/α,β-unsaturated/α-hetero) is 1. The third-order valence-corrected chi connectivity index (χ3v) is 1.75. The fourth-order valence-electron chi connectivity index (χ4n) is 0.983. The maximum Gasteiger partial charge on any atom is 0.372 e. The number of furan rings is 1. The second-order valence-electron chi connectivity index (χ2n) is 2.95. The second-order valence-corrected chi connectivity index (χ2v) is 2.95. The van der Waals surface area contributed by atoms with E-state index in [1.165, 1.54) is 13.2 Å². The second kappa shape index (κ2) is 4.65. The molecule has 7 heteroatoms. The van der Waals surface area contributed by atoms with Crippen molar-refractivity contribution >= 4 is 5.78 Å². The van der Waals surface area contributed by atoms with Crippen molar-refractivity contribution < 1.29 is 31.5 Å². The van der Waals surface area contributed by atoms with Crippen LogP contribution in [0.3, 0.4) is 0 Å².